The van der Waals surface area contributed by atoms with E-state index in [2.05, 4.69) is 49.3 Å². The Hall–Kier alpha value is 0.1000. The molecule has 1 aromatic carbocycles. The van der Waals surface area contributed by atoms with Crippen molar-refractivity contribution in [2.24, 2.45) is 0 Å². The molecule has 0 spiro atoms. The lowest BCUT2D eigenvalue weighted by atomic mass is 10.2. The smallest absolute Gasteiger partial charge is 0.0443 e. The van der Waals surface area contributed by atoms with Crippen LogP contribution in [0.5, 0.6) is 0 Å². The molecule has 0 atom stereocenters. The summed E-state index contributed by atoms with van der Waals surface area (Å²) < 4.78 is 2.15. The van der Waals surface area contributed by atoms with E-state index in [0.717, 1.165) is 28.5 Å². The molecule has 0 fully saturated rings. The second-order valence-corrected chi connectivity index (χ2v) is 4.86. The molecule has 0 aliphatic rings. The second-order valence-electron chi connectivity index (χ2n) is 3.03. The molecular formula is C10H13Br2NO. The maximum absolute atomic E-state index is 8.60. The first kappa shape index (κ1) is 12.2. The number of aliphatic hydroxyl groups excluding tert-OH is 1. The van der Waals surface area contributed by atoms with Crippen molar-refractivity contribution in [1.29, 1.82) is 0 Å². The van der Waals surface area contributed by atoms with Crippen LogP contribution in [0.2, 0.25) is 0 Å². The molecule has 0 saturated carbocycles. The van der Waals surface area contributed by atoms with Gasteiger partial charge in [0.1, 0.15) is 0 Å². The van der Waals surface area contributed by atoms with Gasteiger partial charge in [0.15, 0.2) is 0 Å². The Morgan fingerprint density at radius 1 is 1.14 bits per heavy atom. The molecule has 78 valence electrons. The van der Waals surface area contributed by atoms with Crippen molar-refractivity contribution in [3.05, 3.63) is 32.7 Å². The van der Waals surface area contributed by atoms with Crippen molar-refractivity contribution in [2.45, 2.75) is 13.0 Å². The fourth-order valence-electron chi connectivity index (χ4n) is 1.15. The monoisotopic (exact) mass is 321 g/mol. The van der Waals surface area contributed by atoms with Gasteiger partial charge in [0, 0.05) is 22.1 Å². The molecule has 0 radical (unpaired) electrons. The fourth-order valence-corrected chi connectivity index (χ4v) is 2.54. The first-order chi connectivity index (χ1) is 6.72. The first-order valence-corrected chi connectivity index (χ1v) is 6.07. The van der Waals surface area contributed by atoms with Crippen molar-refractivity contribution in [3.8, 4) is 0 Å². The zero-order valence-corrected chi connectivity index (χ0v) is 10.9. The van der Waals surface area contributed by atoms with Gasteiger partial charge in [-0.1, -0.05) is 31.9 Å². The molecule has 2 N–H and O–H groups in total. The molecule has 0 heterocycles. The van der Waals surface area contributed by atoms with E-state index in [0.29, 0.717) is 0 Å². The van der Waals surface area contributed by atoms with Crippen LogP contribution in [0.1, 0.15) is 12.0 Å². The summed E-state index contributed by atoms with van der Waals surface area (Å²) in [5, 5.41) is 11.9. The maximum Gasteiger partial charge on any atom is 0.0443 e. The number of halogens is 2. The van der Waals surface area contributed by atoms with Gasteiger partial charge in [-0.2, -0.15) is 0 Å². The Morgan fingerprint density at radius 3 is 2.36 bits per heavy atom. The Bertz CT molecular complexity index is 271. The van der Waals surface area contributed by atoms with Gasteiger partial charge >= 0.3 is 0 Å². The third-order valence-corrected chi connectivity index (χ3v) is 2.68. The quantitative estimate of drug-likeness (QED) is 0.817. The molecule has 0 aromatic heterocycles. The lowest BCUT2D eigenvalue weighted by molar-refractivity contribution is 0.286. The van der Waals surface area contributed by atoms with Gasteiger partial charge in [-0.25, -0.2) is 0 Å². The van der Waals surface area contributed by atoms with E-state index in [4.69, 9.17) is 5.11 Å². The molecule has 0 amide bonds. The van der Waals surface area contributed by atoms with Crippen LogP contribution in [0, 0.1) is 0 Å². The van der Waals surface area contributed by atoms with Gasteiger partial charge in [-0.3, -0.25) is 0 Å². The van der Waals surface area contributed by atoms with Gasteiger partial charge < -0.3 is 10.4 Å². The standard InChI is InChI=1S/C10H13Br2NO/c11-9-4-8(5-10(12)6-9)7-13-2-1-3-14/h4-6,13-14H,1-3,7H2. The molecule has 0 saturated heterocycles. The molecule has 14 heavy (non-hydrogen) atoms. The highest BCUT2D eigenvalue weighted by molar-refractivity contribution is 9.11. The highest BCUT2D eigenvalue weighted by Crippen LogP contribution is 2.19. The first-order valence-electron chi connectivity index (χ1n) is 4.49. The summed E-state index contributed by atoms with van der Waals surface area (Å²) in [7, 11) is 0. The number of hydrogen-bond acceptors (Lipinski definition) is 2. The van der Waals surface area contributed by atoms with Crippen molar-refractivity contribution in [1.82, 2.24) is 5.32 Å². The lowest BCUT2D eigenvalue weighted by Gasteiger charge is -2.05. The topological polar surface area (TPSA) is 32.3 Å². The van der Waals surface area contributed by atoms with Gasteiger partial charge in [0.25, 0.3) is 0 Å². The summed E-state index contributed by atoms with van der Waals surface area (Å²) in [5.41, 5.74) is 1.23. The summed E-state index contributed by atoms with van der Waals surface area (Å²) in [4.78, 5) is 0. The second kappa shape index (κ2) is 6.56. The van der Waals surface area contributed by atoms with Gasteiger partial charge in [-0.05, 0) is 36.7 Å². The number of benzene rings is 1. The van der Waals surface area contributed by atoms with Crippen LogP contribution in [0.25, 0.3) is 0 Å². The minimum absolute atomic E-state index is 0.245. The Morgan fingerprint density at radius 2 is 1.79 bits per heavy atom. The van der Waals surface area contributed by atoms with E-state index in [1.54, 1.807) is 0 Å². The molecular weight excluding hydrogens is 310 g/mol. The Labute approximate surface area is 101 Å². The maximum atomic E-state index is 8.60. The third-order valence-electron chi connectivity index (χ3n) is 1.76. The molecule has 1 aromatic rings. The summed E-state index contributed by atoms with van der Waals surface area (Å²) in [6.07, 6.45) is 0.801. The average molecular weight is 323 g/mol. The molecule has 2 nitrogen and oxygen atoms in total. The number of rotatable bonds is 5. The predicted octanol–water partition coefficient (Wildman–Crippen LogP) is 2.68. The van der Waals surface area contributed by atoms with Gasteiger partial charge in [0.2, 0.25) is 0 Å². The van der Waals surface area contributed by atoms with E-state index in [1.165, 1.54) is 5.56 Å². The van der Waals surface area contributed by atoms with Crippen molar-refractivity contribution in [2.75, 3.05) is 13.2 Å². The molecule has 0 aliphatic heterocycles. The van der Waals surface area contributed by atoms with Crippen molar-refractivity contribution in [3.63, 3.8) is 0 Å². The van der Waals surface area contributed by atoms with Crippen LogP contribution < -0.4 is 5.32 Å². The summed E-state index contributed by atoms with van der Waals surface area (Å²) in [5.74, 6) is 0. The van der Waals surface area contributed by atoms with Gasteiger partial charge in [0.05, 0.1) is 0 Å². The van der Waals surface area contributed by atoms with Crippen LogP contribution in [-0.2, 0) is 6.54 Å². The van der Waals surface area contributed by atoms with E-state index >= 15 is 0 Å². The van der Waals surface area contributed by atoms with E-state index in [1.807, 2.05) is 6.07 Å². The molecule has 0 unspecified atom stereocenters. The summed E-state index contributed by atoms with van der Waals surface area (Å²) in [6.45, 7) is 1.92. The lowest BCUT2D eigenvalue weighted by Crippen LogP contribution is -2.15. The Kier molecular flexibility index (Phi) is 5.70. The number of hydrogen-bond donors (Lipinski definition) is 2. The average Bonchev–Trinajstić information content (AvgIpc) is 2.11. The zero-order valence-electron chi connectivity index (χ0n) is 7.76. The van der Waals surface area contributed by atoms with Crippen LogP contribution in [0.4, 0.5) is 0 Å². The van der Waals surface area contributed by atoms with Gasteiger partial charge in [-0.15, -0.1) is 0 Å². The summed E-state index contributed by atoms with van der Waals surface area (Å²) >= 11 is 6.88. The van der Waals surface area contributed by atoms with Crippen molar-refractivity contribution < 1.29 is 5.11 Å². The SMILES string of the molecule is OCCCNCc1cc(Br)cc(Br)c1. The van der Waals surface area contributed by atoms with E-state index in [9.17, 15) is 0 Å². The zero-order chi connectivity index (χ0) is 10.4. The number of aliphatic hydroxyl groups is 1. The molecule has 4 heteroatoms. The van der Waals surface area contributed by atoms with Crippen molar-refractivity contribution >= 4 is 31.9 Å². The van der Waals surface area contributed by atoms with Crippen LogP contribution in [0.3, 0.4) is 0 Å². The summed E-state index contributed by atoms with van der Waals surface area (Å²) in [6, 6.07) is 6.17. The minimum Gasteiger partial charge on any atom is -0.396 e. The highest BCUT2D eigenvalue weighted by Gasteiger charge is 1.96. The van der Waals surface area contributed by atoms with E-state index < -0.39 is 0 Å². The largest absolute Gasteiger partial charge is 0.396 e. The predicted molar refractivity (Wildman–Crippen MR) is 65.3 cm³/mol. The molecule has 0 aliphatic carbocycles. The minimum atomic E-state index is 0.245. The van der Waals surface area contributed by atoms with Crippen LogP contribution in [-0.4, -0.2) is 18.3 Å². The highest BCUT2D eigenvalue weighted by atomic mass is 79.9. The molecule has 0 bridgehead atoms. The normalized spacial score (nSPS) is 10.5. The number of nitrogens with one attached hydrogen (secondary N) is 1. The third kappa shape index (κ3) is 4.55. The fraction of sp³-hybridized carbons (Fsp3) is 0.400. The Balaban J connectivity index is 2.42. The van der Waals surface area contributed by atoms with E-state index in [-0.39, 0.29) is 6.61 Å². The molecule has 1 rings (SSSR count). The van der Waals surface area contributed by atoms with Crippen LogP contribution >= 0.6 is 31.9 Å². The van der Waals surface area contributed by atoms with Crippen LogP contribution in [0.15, 0.2) is 27.1 Å².